The highest BCUT2D eigenvalue weighted by atomic mass is 35.5. The fourth-order valence-corrected chi connectivity index (χ4v) is 2.20. The molecule has 0 aromatic heterocycles. The summed E-state index contributed by atoms with van der Waals surface area (Å²) in [5.74, 6) is -0.119. The van der Waals surface area contributed by atoms with Gasteiger partial charge >= 0.3 is 0 Å². The summed E-state index contributed by atoms with van der Waals surface area (Å²) in [6.45, 7) is 3.66. The van der Waals surface area contributed by atoms with Crippen LogP contribution in [0.25, 0.3) is 0 Å². The topological polar surface area (TPSA) is 67.4 Å². The fraction of sp³-hybridized carbons (Fsp3) is 0.222. The van der Waals surface area contributed by atoms with Gasteiger partial charge in [0, 0.05) is 10.6 Å². The van der Waals surface area contributed by atoms with Crippen molar-refractivity contribution in [2.75, 3.05) is 11.9 Å². The van der Waals surface area contributed by atoms with Gasteiger partial charge in [0.1, 0.15) is 5.75 Å². The molecule has 0 bridgehead atoms. The first-order chi connectivity index (χ1) is 11.5. The zero-order valence-electron chi connectivity index (χ0n) is 13.5. The highest BCUT2D eigenvalue weighted by molar-refractivity contribution is 6.31. The number of rotatable bonds is 6. The molecule has 0 heterocycles. The highest BCUT2D eigenvalue weighted by Gasteiger charge is 2.11. The number of carbonyl (C=O) groups excluding carboxylic acids is 2. The molecule has 0 saturated heterocycles. The van der Waals surface area contributed by atoms with Gasteiger partial charge in [0.2, 0.25) is 5.91 Å². The average molecular weight is 347 g/mol. The van der Waals surface area contributed by atoms with Crippen LogP contribution in [0.3, 0.4) is 0 Å². The number of nitrogens with one attached hydrogen (secondary N) is 2. The van der Waals surface area contributed by atoms with Crippen LogP contribution < -0.4 is 15.4 Å². The van der Waals surface area contributed by atoms with Crippen LogP contribution in [-0.4, -0.2) is 24.5 Å². The van der Waals surface area contributed by atoms with Crippen LogP contribution in [0.4, 0.5) is 5.69 Å². The van der Waals surface area contributed by atoms with E-state index in [1.165, 1.54) is 0 Å². The van der Waals surface area contributed by atoms with E-state index in [0.717, 1.165) is 0 Å². The van der Waals surface area contributed by atoms with E-state index in [-0.39, 0.29) is 24.5 Å². The monoisotopic (exact) mass is 346 g/mol. The van der Waals surface area contributed by atoms with E-state index in [2.05, 4.69) is 10.6 Å². The van der Waals surface area contributed by atoms with Crippen molar-refractivity contribution in [2.24, 2.45) is 0 Å². The van der Waals surface area contributed by atoms with Crippen LogP contribution in [0.15, 0.2) is 48.5 Å². The Balaban J connectivity index is 1.93. The van der Waals surface area contributed by atoms with Crippen LogP contribution in [0.2, 0.25) is 5.02 Å². The lowest BCUT2D eigenvalue weighted by Crippen LogP contribution is -2.33. The molecule has 2 N–H and O–H groups in total. The standard InChI is InChI=1S/C18H19ClN2O3/c1-12(2)24-16-9-4-3-8-15(16)21-17(22)11-20-18(23)13-6-5-7-14(19)10-13/h3-10,12H,11H2,1-2H3,(H,20,23)(H,21,22). The lowest BCUT2D eigenvalue weighted by atomic mass is 10.2. The first-order valence-corrected chi connectivity index (χ1v) is 7.93. The molecule has 126 valence electrons. The van der Waals surface area contributed by atoms with Crippen molar-refractivity contribution in [3.05, 3.63) is 59.1 Å². The maximum atomic E-state index is 12.0. The van der Waals surface area contributed by atoms with E-state index in [0.29, 0.717) is 22.0 Å². The predicted octanol–water partition coefficient (Wildman–Crippen LogP) is 3.50. The second-order valence-electron chi connectivity index (χ2n) is 5.40. The number of para-hydroxylation sites is 2. The fourth-order valence-electron chi connectivity index (χ4n) is 2.01. The Morgan fingerprint density at radius 1 is 1.12 bits per heavy atom. The van der Waals surface area contributed by atoms with E-state index in [1.54, 1.807) is 42.5 Å². The van der Waals surface area contributed by atoms with E-state index in [4.69, 9.17) is 16.3 Å². The quantitative estimate of drug-likeness (QED) is 0.841. The van der Waals surface area contributed by atoms with Crippen LogP contribution in [-0.2, 0) is 4.79 Å². The largest absolute Gasteiger partial charge is 0.489 e. The van der Waals surface area contributed by atoms with Gasteiger partial charge in [-0.15, -0.1) is 0 Å². The maximum absolute atomic E-state index is 12.0. The third kappa shape index (κ3) is 5.28. The molecule has 24 heavy (non-hydrogen) atoms. The predicted molar refractivity (Wildman–Crippen MR) is 94.6 cm³/mol. The molecular formula is C18H19ClN2O3. The highest BCUT2D eigenvalue weighted by Crippen LogP contribution is 2.24. The molecule has 2 aromatic carbocycles. The third-order valence-electron chi connectivity index (χ3n) is 3.02. The summed E-state index contributed by atoms with van der Waals surface area (Å²) in [4.78, 5) is 24.0. The Bertz CT molecular complexity index is 732. The Morgan fingerprint density at radius 2 is 1.88 bits per heavy atom. The zero-order valence-corrected chi connectivity index (χ0v) is 14.3. The van der Waals surface area contributed by atoms with Gasteiger partial charge in [-0.1, -0.05) is 29.8 Å². The van der Waals surface area contributed by atoms with Gasteiger partial charge in [-0.25, -0.2) is 0 Å². The molecule has 0 aliphatic carbocycles. The molecular weight excluding hydrogens is 328 g/mol. The van der Waals surface area contributed by atoms with Crippen LogP contribution >= 0.6 is 11.6 Å². The van der Waals surface area contributed by atoms with Gasteiger partial charge in [-0.3, -0.25) is 9.59 Å². The molecule has 0 radical (unpaired) electrons. The van der Waals surface area contributed by atoms with Gasteiger partial charge in [-0.2, -0.15) is 0 Å². The van der Waals surface area contributed by atoms with Crippen molar-refractivity contribution in [3.63, 3.8) is 0 Å². The minimum atomic E-state index is -0.362. The van der Waals surface area contributed by atoms with E-state index in [1.807, 2.05) is 19.9 Å². The first kappa shape index (κ1) is 17.8. The van der Waals surface area contributed by atoms with Gasteiger partial charge in [0.25, 0.3) is 5.91 Å². The molecule has 0 unspecified atom stereocenters. The summed E-state index contributed by atoms with van der Waals surface area (Å²) < 4.78 is 5.64. The van der Waals surface area contributed by atoms with Crippen molar-refractivity contribution in [2.45, 2.75) is 20.0 Å². The van der Waals surface area contributed by atoms with Crippen molar-refractivity contribution >= 4 is 29.1 Å². The van der Waals surface area contributed by atoms with Crippen molar-refractivity contribution in [1.29, 1.82) is 0 Å². The maximum Gasteiger partial charge on any atom is 0.251 e. The Kier molecular flexibility index (Phi) is 6.21. The zero-order chi connectivity index (χ0) is 17.5. The molecule has 0 spiro atoms. The number of carbonyl (C=O) groups is 2. The summed E-state index contributed by atoms with van der Waals surface area (Å²) in [6, 6.07) is 13.7. The van der Waals surface area contributed by atoms with Crippen LogP contribution in [0.5, 0.6) is 5.75 Å². The normalized spacial score (nSPS) is 10.3. The molecule has 6 heteroatoms. The lowest BCUT2D eigenvalue weighted by molar-refractivity contribution is -0.115. The van der Waals surface area contributed by atoms with E-state index >= 15 is 0 Å². The van der Waals surface area contributed by atoms with E-state index < -0.39 is 0 Å². The number of ether oxygens (including phenoxy) is 1. The molecule has 0 aliphatic heterocycles. The lowest BCUT2D eigenvalue weighted by Gasteiger charge is -2.15. The molecule has 5 nitrogen and oxygen atoms in total. The number of halogens is 1. The molecule has 0 saturated carbocycles. The summed E-state index contributed by atoms with van der Waals surface area (Å²) in [7, 11) is 0. The van der Waals surface area contributed by atoms with Crippen LogP contribution in [0.1, 0.15) is 24.2 Å². The molecule has 2 rings (SSSR count). The number of hydrogen-bond donors (Lipinski definition) is 2. The molecule has 2 aromatic rings. The van der Waals surface area contributed by atoms with Gasteiger partial charge in [-0.05, 0) is 44.2 Å². The second-order valence-corrected chi connectivity index (χ2v) is 5.84. The second kappa shape index (κ2) is 8.36. The van der Waals surface area contributed by atoms with E-state index in [9.17, 15) is 9.59 Å². The van der Waals surface area contributed by atoms with Gasteiger partial charge in [0.05, 0.1) is 18.3 Å². The van der Waals surface area contributed by atoms with Crippen molar-refractivity contribution in [3.8, 4) is 5.75 Å². The Hall–Kier alpha value is -2.53. The Labute approximate surface area is 146 Å². The Morgan fingerprint density at radius 3 is 2.58 bits per heavy atom. The minimum Gasteiger partial charge on any atom is -0.489 e. The number of benzene rings is 2. The summed E-state index contributed by atoms with van der Waals surface area (Å²) in [5.41, 5.74) is 0.965. The number of anilines is 1. The SMILES string of the molecule is CC(C)Oc1ccccc1NC(=O)CNC(=O)c1cccc(Cl)c1. The first-order valence-electron chi connectivity index (χ1n) is 7.55. The summed E-state index contributed by atoms with van der Waals surface area (Å²) >= 11 is 5.84. The molecule has 0 aliphatic rings. The molecule has 0 fully saturated rings. The number of hydrogen-bond acceptors (Lipinski definition) is 3. The van der Waals surface area contributed by atoms with Gasteiger partial charge < -0.3 is 15.4 Å². The molecule has 0 atom stereocenters. The minimum absolute atomic E-state index is 0.00872. The summed E-state index contributed by atoms with van der Waals surface area (Å²) in [5, 5.41) is 5.75. The molecule has 2 amide bonds. The number of amides is 2. The van der Waals surface area contributed by atoms with Gasteiger partial charge in [0.15, 0.2) is 0 Å². The summed E-state index contributed by atoms with van der Waals surface area (Å²) in [6.07, 6.45) is -0.00872. The van der Waals surface area contributed by atoms with Crippen molar-refractivity contribution < 1.29 is 14.3 Å². The smallest absolute Gasteiger partial charge is 0.251 e. The van der Waals surface area contributed by atoms with Crippen molar-refractivity contribution in [1.82, 2.24) is 5.32 Å². The third-order valence-corrected chi connectivity index (χ3v) is 3.26. The average Bonchev–Trinajstić information content (AvgIpc) is 2.54. The van der Waals surface area contributed by atoms with Crippen LogP contribution in [0, 0.1) is 0 Å².